The first-order valence-corrected chi connectivity index (χ1v) is 10.9. The van der Waals surface area contributed by atoms with Crippen molar-refractivity contribution in [3.05, 3.63) is 82.5 Å². The van der Waals surface area contributed by atoms with E-state index in [1.54, 1.807) is 12.1 Å². The summed E-state index contributed by atoms with van der Waals surface area (Å²) < 4.78 is 38.8. The zero-order valence-corrected chi connectivity index (χ0v) is 18.5. The number of amides is 2. The van der Waals surface area contributed by atoms with Crippen molar-refractivity contribution in [1.82, 2.24) is 4.98 Å². The van der Waals surface area contributed by atoms with Gasteiger partial charge in [-0.15, -0.1) is 0 Å². The number of aromatic nitrogens is 1. The molecule has 1 aromatic heterocycles. The van der Waals surface area contributed by atoms with Gasteiger partial charge in [0.1, 0.15) is 5.82 Å². The summed E-state index contributed by atoms with van der Waals surface area (Å²) in [6.45, 7) is 0. The van der Waals surface area contributed by atoms with E-state index in [9.17, 15) is 22.8 Å². The van der Waals surface area contributed by atoms with Crippen LogP contribution >= 0.6 is 11.6 Å². The molecule has 0 atom stereocenters. The van der Waals surface area contributed by atoms with Crippen LogP contribution in [0.1, 0.15) is 45.5 Å². The van der Waals surface area contributed by atoms with Gasteiger partial charge in [-0.2, -0.15) is 13.2 Å². The van der Waals surface area contributed by atoms with E-state index < -0.39 is 23.6 Å². The van der Waals surface area contributed by atoms with Gasteiger partial charge in [-0.1, -0.05) is 17.7 Å². The second-order valence-corrected chi connectivity index (χ2v) is 8.29. The van der Waals surface area contributed by atoms with E-state index in [4.69, 9.17) is 11.6 Å². The Hall–Kier alpha value is -3.59. The Morgan fingerprint density at radius 1 is 0.941 bits per heavy atom. The number of alkyl halides is 3. The number of nitrogens with one attached hydrogen (secondary N) is 3. The predicted octanol–water partition coefficient (Wildman–Crippen LogP) is 6.22. The fourth-order valence-electron chi connectivity index (χ4n) is 3.33. The van der Waals surface area contributed by atoms with Crippen LogP contribution in [0.15, 0.2) is 60.8 Å². The molecule has 176 valence electrons. The molecule has 1 heterocycles. The van der Waals surface area contributed by atoms with Crippen molar-refractivity contribution in [3.63, 3.8) is 0 Å². The van der Waals surface area contributed by atoms with Crippen molar-refractivity contribution in [2.45, 2.75) is 31.5 Å². The lowest BCUT2D eigenvalue weighted by atomic mass is 9.93. The molecule has 2 amide bonds. The zero-order valence-electron chi connectivity index (χ0n) is 17.7. The molecule has 6 nitrogen and oxygen atoms in total. The van der Waals surface area contributed by atoms with E-state index in [0.717, 1.165) is 36.9 Å². The van der Waals surface area contributed by atoms with E-state index in [-0.39, 0.29) is 21.8 Å². The molecule has 1 fully saturated rings. The highest BCUT2D eigenvalue weighted by molar-refractivity contribution is 6.34. The number of carbonyl (C=O) groups is 2. The number of rotatable bonds is 6. The molecule has 0 saturated heterocycles. The number of nitrogens with zero attached hydrogens (tertiary/aromatic N) is 1. The van der Waals surface area contributed by atoms with Crippen LogP contribution in [0.5, 0.6) is 0 Å². The highest BCUT2D eigenvalue weighted by Crippen LogP contribution is 2.30. The number of anilines is 3. The number of hydrogen-bond donors (Lipinski definition) is 3. The van der Waals surface area contributed by atoms with Gasteiger partial charge < -0.3 is 16.0 Å². The van der Waals surface area contributed by atoms with Gasteiger partial charge in [-0.25, -0.2) is 4.98 Å². The fourth-order valence-corrected chi connectivity index (χ4v) is 3.53. The van der Waals surface area contributed by atoms with Crippen LogP contribution in [0.3, 0.4) is 0 Å². The largest absolute Gasteiger partial charge is 0.416 e. The first-order valence-electron chi connectivity index (χ1n) is 10.5. The summed E-state index contributed by atoms with van der Waals surface area (Å²) in [5.74, 6) is -0.555. The maximum Gasteiger partial charge on any atom is 0.416 e. The van der Waals surface area contributed by atoms with Crippen molar-refractivity contribution in [2.24, 2.45) is 0 Å². The molecule has 3 aromatic rings. The SMILES string of the molecule is O=C(Nc1ccc(Cl)c(C(=O)Nc2ccc(NC3CCC3)nc2)c1)c1cccc(C(F)(F)F)c1. The van der Waals surface area contributed by atoms with Gasteiger partial charge in [0.05, 0.1) is 28.0 Å². The van der Waals surface area contributed by atoms with E-state index in [2.05, 4.69) is 20.9 Å². The smallest absolute Gasteiger partial charge is 0.367 e. The minimum atomic E-state index is -4.57. The quantitative estimate of drug-likeness (QED) is 0.384. The summed E-state index contributed by atoms with van der Waals surface area (Å²) >= 11 is 6.16. The van der Waals surface area contributed by atoms with Crippen LogP contribution in [0, 0.1) is 0 Å². The van der Waals surface area contributed by atoms with Gasteiger partial charge in [-0.3, -0.25) is 9.59 Å². The third-order valence-electron chi connectivity index (χ3n) is 5.40. The van der Waals surface area contributed by atoms with E-state index in [1.165, 1.54) is 36.9 Å². The van der Waals surface area contributed by atoms with Crippen molar-refractivity contribution in [1.29, 1.82) is 0 Å². The first-order chi connectivity index (χ1) is 16.2. The zero-order chi connectivity index (χ0) is 24.3. The minimum absolute atomic E-state index is 0.0835. The summed E-state index contributed by atoms with van der Waals surface area (Å²) in [7, 11) is 0. The predicted molar refractivity (Wildman–Crippen MR) is 124 cm³/mol. The third kappa shape index (κ3) is 5.66. The Morgan fingerprint density at radius 3 is 2.32 bits per heavy atom. The lowest BCUT2D eigenvalue weighted by molar-refractivity contribution is -0.137. The average Bonchev–Trinajstić information content (AvgIpc) is 2.78. The van der Waals surface area contributed by atoms with Gasteiger partial charge in [0.15, 0.2) is 0 Å². The van der Waals surface area contributed by atoms with Gasteiger partial charge in [0.2, 0.25) is 0 Å². The van der Waals surface area contributed by atoms with Gasteiger partial charge in [-0.05, 0) is 67.8 Å². The molecular weight excluding hydrogens is 469 g/mol. The topological polar surface area (TPSA) is 83.1 Å². The monoisotopic (exact) mass is 488 g/mol. The molecule has 1 aliphatic rings. The van der Waals surface area contributed by atoms with Gasteiger partial charge in [0, 0.05) is 17.3 Å². The van der Waals surface area contributed by atoms with Crippen molar-refractivity contribution in [3.8, 4) is 0 Å². The second kappa shape index (κ2) is 9.72. The molecule has 0 aliphatic heterocycles. The van der Waals surface area contributed by atoms with Crippen LogP contribution in [-0.4, -0.2) is 22.8 Å². The summed E-state index contributed by atoms with van der Waals surface area (Å²) in [5, 5.41) is 8.63. The first kappa shape index (κ1) is 23.6. The summed E-state index contributed by atoms with van der Waals surface area (Å²) in [4.78, 5) is 29.5. The summed E-state index contributed by atoms with van der Waals surface area (Å²) in [6, 6.07) is 12.2. The maximum atomic E-state index is 12.9. The standard InChI is InChI=1S/C24H20ClF3N4O2/c25-20-9-7-17(31-22(33)14-3-1-4-15(11-14)24(26,27)28)12-19(20)23(34)32-18-8-10-21(29-13-18)30-16-5-2-6-16/h1,3-4,7-13,16H,2,5-6H2,(H,29,30)(H,31,33)(H,32,34). The van der Waals surface area contributed by atoms with Gasteiger partial charge in [0.25, 0.3) is 11.8 Å². The lowest BCUT2D eigenvalue weighted by Gasteiger charge is -2.26. The molecule has 0 spiro atoms. The molecular formula is C24H20ClF3N4O2. The molecule has 4 rings (SSSR count). The summed E-state index contributed by atoms with van der Waals surface area (Å²) in [5.41, 5.74) is -0.356. The normalized spacial score (nSPS) is 13.6. The number of pyridine rings is 1. The van der Waals surface area contributed by atoms with Crippen LogP contribution in [0.25, 0.3) is 0 Å². The molecule has 34 heavy (non-hydrogen) atoms. The molecule has 1 aliphatic carbocycles. The molecule has 3 N–H and O–H groups in total. The lowest BCUT2D eigenvalue weighted by Crippen LogP contribution is -2.27. The molecule has 0 radical (unpaired) electrons. The second-order valence-electron chi connectivity index (χ2n) is 7.89. The Kier molecular flexibility index (Phi) is 6.74. The van der Waals surface area contributed by atoms with Crippen molar-refractivity contribution in [2.75, 3.05) is 16.0 Å². The third-order valence-corrected chi connectivity index (χ3v) is 5.73. The Bertz CT molecular complexity index is 1210. The van der Waals surface area contributed by atoms with Crippen molar-refractivity contribution < 1.29 is 22.8 Å². The Morgan fingerprint density at radius 2 is 1.68 bits per heavy atom. The molecule has 1 saturated carbocycles. The number of benzene rings is 2. The minimum Gasteiger partial charge on any atom is -0.367 e. The van der Waals surface area contributed by atoms with E-state index in [0.29, 0.717) is 11.7 Å². The van der Waals surface area contributed by atoms with Crippen LogP contribution in [0.4, 0.5) is 30.4 Å². The van der Waals surface area contributed by atoms with Gasteiger partial charge >= 0.3 is 6.18 Å². The summed E-state index contributed by atoms with van der Waals surface area (Å²) in [6.07, 6.45) is 0.374. The van der Waals surface area contributed by atoms with Crippen LogP contribution < -0.4 is 16.0 Å². The fraction of sp³-hybridized carbons (Fsp3) is 0.208. The molecule has 0 bridgehead atoms. The highest BCUT2D eigenvalue weighted by atomic mass is 35.5. The number of carbonyl (C=O) groups excluding carboxylic acids is 2. The van der Waals surface area contributed by atoms with E-state index >= 15 is 0 Å². The molecule has 2 aromatic carbocycles. The number of halogens is 4. The Labute approximate surface area is 198 Å². The van der Waals surface area contributed by atoms with E-state index in [1.807, 2.05) is 0 Å². The maximum absolute atomic E-state index is 12.9. The van der Waals surface area contributed by atoms with Crippen LogP contribution in [0.2, 0.25) is 5.02 Å². The molecule has 10 heteroatoms. The highest BCUT2D eigenvalue weighted by Gasteiger charge is 2.31. The van der Waals surface area contributed by atoms with Crippen molar-refractivity contribution >= 4 is 40.6 Å². The number of hydrogen-bond acceptors (Lipinski definition) is 4. The average molecular weight is 489 g/mol. The van der Waals surface area contributed by atoms with Crippen LogP contribution in [-0.2, 0) is 6.18 Å². The Balaban J connectivity index is 1.44. The molecule has 0 unspecified atom stereocenters.